The van der Waals surface area contributed by atoms with E-state index >= 15 is 0 Å². The molecule has 8 rings (SSSR count). The molecule has 0 atom stereocenters. The molecule has 0 saturated heterocycles. The van der Waals surface area contributed by atoms with E-state index in [1.165, 1.54) is 66.1 Å². The van der Waals surface area contributed by atoms with Crippen molar-refractivity contribution < 1.29 is 20.1 Å². The van der Waals surface area contributed by atoms with Crippen molar-refractivity contribution >= 4 is 21.5 Å². The van der Waals surface area contributed by atoms with Crippen molar-refractivity contribution in [2.75, 3.05) is 0 Å². The van der Waals surface area contributed by atoms with E-state index in [0.29, 0.717) is 0 Å². The Morgan fingerprint density at radius 2 is 1.13 bits per heavy atom. The zero-order chi connectivity index (χ0) is 36.2. The van der Waals surface area contributed by atoms with Crippen molar-refractivity contribution in [2.24, 2.45) is 5.41 Å². The Morgan fingerprint density at radius 1 is 0.528 bits per heavy atom. The molecule has 1 radical (unpaired) electrons. The molecule has 0 amide bonds. The predicted molar refractivity (Wildman–Crippen MR) is 220 cm³/mol. The van der Waals surface area contributed by atoms with Gasteiger partial charge >= 0.3 is 0 Å². The Balaban J connectivity index is 0.000000197. The van der Waals surface area contributed by atoms with Crippen LogP contribution in [0.4, 0.5) is 0 Å². The van der Waals surface area contributed by atoms with Crippen LogP contribution in [0.2, 0.25) is 0 Å². The average Bonchev–Trinajstić information content (AvgIpc) is 3.16. The van der Waals surface area contributed by atoms with Crippen molar-refractivity contribution in [1.29, 1.82) is 0 Å². The van der Waals surface area contributed by atoms with E-state index in [1.54, 1.807) is 0 Å². The molecule has 265 valence electrons. The first kappa shape index (κ1) is 37.5. The minimum absolute atomic E-state index is 0. The number of aryl methyl sites for hydroxylation is 3. The van der Waals surface area contributed by atoms with E-state index in [9.17, 15) is 0 Å². The van der Waals surface area contributed by atoms with Crippen molar-refractivity contribution in [2.45, 2.75) is 48.0 Å². The first-order valence-corrected chi connectivity index (χ1v) is 18.0. The largest absolute Gasteiger partial charge is 0.304 e. The number of fused-ring (bicyclic) bond motifs is 3. The van der Waals surface area contributed by atoms with Crippen molar-refractivity contribution in [3.05, 3.63) is 180 Å². The van der Waals surface area contributed by atoms with Gasteiger partial charge in [0.15, 0.2) is 0 Å². The third kappa shape index (κ3) is 8.71. The molecule has 6 aromatic carbocycles. The summed E-state index contributed by atoms with van der Waals surface area (Å²) in [6.45, 7) is 13.1. The Hall–Kier alpha value is -5.21. The van der Waals surface area contributed by atoms with Crippen LogP contribution in [0.1, 0.15) is 43.0 Å². The van der Waals surface area contributed by atoms with Gasteiger partial charge in [-0.2, -0.15) is 0 Å². The molecule has 2 nitrogen and oxygen atoms in total. The maximum Gasteiger partial charge on any atom is 0.0196 e. The Kier molecular flexibility index (Phi) is 11.5. The van der Waals surface area contributed by atoms with Crippen molar-refractivity contribution in [3.8, 4) is 44.8 Å². The van der Waals surface area contributed by atoms with Crippen molar-refractivity contribution in [1.82, 2.24) is 9.97 Å². The maximum absolute atomic E-state index is 4.70. The van der Waals surface area contributed by atoms with Gasteiger partial charge in [0.1, 0.15) is 0 Å². The minimum atomic E-state index is 0. The average molecular weight is 865 g/mol. The summed E-state index contributed by atoms with van der Waals surface area (Å²) in [5.74, 6) is 0. The van der Waals surface area contributed by atoms with Gasteiger partial charge in [0, 0.05) is 32.5 Å². The second-order valence-corrected chi connectivity index (χ2v) is 14.9. The molecule has 0 N–H and O–H groups in total. The second kappa shape index (κ2) is 16.2. The SMILES string of the molecule is Cc1c[c-]c(-c2cc(-c3ccccc3)c(C)cn2)cc1.Cc1cnc(-c2[c-]cc(-c3cc4ccccc4c4ccccc34)cc2)cc1CC(C)(C)C.[Ir]. The number of pyridine rings is 2. The van der Waals surface area contributed by atoms with Gasteiger partial charge in [-0.3, -0.25) is 0 Å². The molecule has 0 saturated carbocycles. The second-order valence-electron chi connectivity index (χ2n) is 14.9. The molecule has 3 heteroatoms. The number of hydrogen-bond acceptors (Lipinski definition) is 2. The van der Waals surface area contributed by atoms with E-state index in [1.807, 2.05) is 24.5 Å². The van der Waals surface area contributed by atoms with E-state index in [4.69, 9.17) is 4.98 Å². The van der Waals surface area contributed by atoms with Gasteiger partial charge in [-0.15, -0.1) is 65.2 Å². The molecule has 53 heavy (non-hydrogen) atoms. The number of hydrogen-bond donors (Lipinski definition) is 0. The summed E-state index contributed by atoms with van der Waals surface area (Å²) >= 11 is 0. The van der Waals surface area contributed by atoms with Gasteiger partial charge < -0.3 is 9.97 Å². The van der Waals surface area contributed by atoms with E-state index < -0.39 is 0 Å². The molecule has 0 aliphatic rings. The first-order chi connectivity index (χ1) is 25.1. The van der Waals surface area contributed by atoms with Crippen LogP contribution in [0.5, 0.6) is 0 Å². The summed E-state index contributed by atoms with van der Waals surface area (Å²) < 4.78 is 0. The molecule has 0 fully saturated rings. The van der Waals surface area contributed by atoms with E-state index in [2.05, 4.69) is 180 Å². The summed E-state index contributed by atoms with van der Waals surface area (Å²) in [7, 11) is 0. The Bertz CT molecular complexity index is 2480. The fraction of sp³-hybridized carbons (Fsp3) is 0.160. The van der Waals surface area contributed by atoms with Gasteiger partial charge in [-0.1, -0.05) is 141 Å². The molecule has 2 aromatic heterocycles. The van der Waals surface area contributed by atoms with Crippen molar-refractivity contribution in [3.63, 3.8) is 0 Å². The smallest absolute Gasteiger partial charge is 0.0196 e. The number of nitrogens with zero attached hydrogens (tertiary/aromatic N) is 2. The molecular formula is C50H44IrN2-2. The van der Waals surface area contributed by atoms with Crippen LogP contribution in [-0.4, -0.2) is 9.97 Å². The number of benzene rings is 6. The summed E-state index contributed by atoms with van der Waals surface area (Å²) in [6, 6.07) is 53.8. The fourth-order valence-electron chi connectivity index (χ4n) is 6.78. The summed E-state index contributed by atoms with van der Waals surface area (Å²) in [5.41, 5.74) is 14.2. The fourth-order valence-corrected chi connectivity index (χ4v) is 6.78. The summed E-state index contributed by atoms with van der Waals surface area (Å²) in [6.07, 6.45) is 4.97. The van der Waals surface area contributed by atoms with Crippen LogP contribution in [0.15, 0.2) is 146 Å². The summed E-state index contributed by atoms with van der Waals surface area (Å²) in [4.78, 5) is 9.23. The zero-order valence-corrected chi connectivity index (χ0v) is 33.7. The molecule has 0 bridgehead atoms. The minimum Gasteiger partial charge on any atom is -0.304 e. The Labute approximate surface area is 328 Å². The zero-order valence-electron chi connectivity index (χ0n) is 31.3. The Morgan fingerprint density at radius 3 is 1.79 bits per heavy atom. The van der Waals surface area contributed by atoms with E-state index in [0.717, 1.165) is 28.9 Å². The van der Waals surface area contributed by atoms with Crippen LogP contribution in [0, 0.1) is 38.3 Å². The predicted octanol–water partition coefficient (Wildman–Crippen LogP) is 13.2. The first-order valence-electron chi connectivity index (χ1n) is 18.0. The van der Waals surface area contributed by atoms with Crippen LogP contribution >= 0.6 is 0 Å². The molecule has 0 aliphatic heterocycles. The normalized spacial score (nSPS) is 11.1. The third-order valence-corrected chi connectivity index (χ3v) is 9.54. The quantitative estimate of drug-likeness (QED) is 0.127. The molecule has 8 aromatic rings. The molecule has 2 heterocycles. The van der Waals surface area contributed by atoms with Gasteiger partial charge in [-0.25, -0.2) is 0 Å². The van der Waals surface area contributed by atoms with Crippen LogP contribution in [0.3, 0.4) is 0 Å². The number of aromatic nitrogens is 2. The van der Waals surface area contributed by atoms with Crippen LogP contribution < -0.4 is 0 Å². The van der Waals surface area contributed by atoms with Crippen LogP contribution in [-0.2, 0) is 26.5 Å². The topological polar surface area (TPSA) is 25.8 Å². The summed E-state index contributed by atoms with van der Waals surface area (Å²) in [5, 5.41) is 5.12. The van der Waals surface area contributed by atoms with Gasteiger partial charge in [0.2, 0.25) is 0 Å². The molecule has 0 spiro atoms. The van der Waals surface area contributed by atoms with E-state index in [-0.39, 0.29) is 25.5 Å². The standard InChI is InChI=1S/C31H28N.C19H16N.Ir/c1-21-20-32-30(18-25(21)19-31(2,3)4)23-15-13-22(14-16-23)29-17-24-9-5-6-10-26(24)27-11-7-8-12-28(27)29;1-14-8-10-17(11-9-14)19-12-18(15(2)13-20-19)16-6-4-3-5-7-16;/h5-15,17-18,20H,19H2,1-4H3;3-10,12-13H,1-2H3;/q2*-1;. The number of rotatable bonds is 5. The van der Waals surface area contributed by atoms with Crippen LogP contribution in [0.25, 0.3) is 66.3 Å². The third-order valence-electron chi connectivity index (χ3n) is 9.54. The van der Waals surface area contributed by atoms with Gasteiger partial charge in [0.25, 0.3) is 0 Å². The van der Waals surface area contributed by atoms with Gasteiger partial charge in [-0.05, 0) is 80.9 Å². The monoisotopic (exact) mass is 865 g/mol. The van der Waals surface area contributed by atoms with Gasteiger partial charge in [0.05, 0.1) is 0 Å². The molecule has 0 unspecified atom stereocenters. The molecule has 0 aliphatic carbocycles. The maximum atomic E-state index is 4.70. The molecular weight excluding hydrogens is 821 g/mol.